The summed E-state index contributed by atoms with van der Waals surface area (Å²) in [6, 6.07) is 11.9. The maximum absolute atomic E-state index is 13.3. The topological polar surface area (TPSA) is 75.7 Å². The largest absolute Gasteiger partial charge is 0.495 e. The van der Waals surface area contributed by atoms with E-state index in [0.717, 1.165) is 12.0 Å². The molecule has 28 heavy (non-hydrogen) atoms. The molecule has 2 aromatic rings. The van der Waals surface area contributed by atoms with Crippen LogP contribution in [0.3, 0.4) is 0 Å². The van der Waals surface area contributed by atoms with Crippen LogP contribution in [0.25, 0.3) is 0 Å². The van der Waals surface area contributed by atoms with E-state index in [1.54, 1.807) is 6.07 Å². The van der Waals surface area contributed by atoms with Crippen molar-refractivity contribution in [3.8, 4) is 5.75 Å². The van der Waals surface area contributed by atoms with Gasteiger partial charge in [-0.05, 0) is 56.5 Å². The SMILES string of the molecule is CCC(C)(C)NC(=O)c1ccc(S(=O)(=O)N2CCc3ccccc32)c(OC)c1. The first-order valence-corrected chi connectivity index (χ1v) is 10.7. The summed E-state index contributed by atoms with van der Waals surface area (Å²) in [7, 11) is -2.39. The molecule has 0 atom stereocenters. The van der Waals surface area contributed by atoms with Crippen LogP contribution in [0, 0.1) is 0 Å². The number of para-hydroxylation sites is 1. The Hall–Kier alpha value is -2.54. The molecule has 2 aromatic carbocycles. The molecule has 3 rings (SSSR count). The second-order valence-electron chi connectivity index (χ2n) is 7.51. The van der Waals surface area contributed by atoms with Gasteiger partial charge in [-0.3, -0.25) is 9.10 Å². The van der Waals surface area contributed by atoms with Gasteiger partial charge < -0.3 is 10.1 Å². The highest BCUT2D eigenvalue weighted by molar-refractivity contribution is 7.93. The highest BCUT2D eigenvalue weighted by Gasteiger charge is 2.33. The van der Waals surface area contributed by atoms with Crippen molar-refractivity contribution in [1.29, 1.82) is 0 Å². The lowest BCUT2D eigenvalue weighted by Gasteiger charge is -2.25. The van der Waals surface area contributed by atoms with Crippen molar-refractivity contribution >= 4 is 21.6 Å². The second-order valence-corrected chi connectivity index (χ2v) is 9.34. The minimum Gasteiger partial charge on any atom is -0.495 e. The van der Waals surface area contributed by atoms with Gasteiger partial charge in [0.15, 0.2) is 0 Å². The molecule has 0 saturated heterocycles. The third-order valence-corrected chi connectivity index (χ3v) is 7.03. The van der Waals surface area contributed by atoms with E-state index < -0.39 is 10.0 Å². The highest BCUT2D eigenvalue weighted by Crippen LogP contribution is 2.36. The van der Waals surface area contributed by atoms with Crippen molar-refractivity contribution in [2.45, 2.75) is 44.0 Å². The van der Waals surface area contributed by atoms with Gasteiger partial charge in [0, 0.05) is 17.6 Å². The standard InChI is InChI=1S/C21H26N2O4S/c1-5-21(2,3)22-20(24)16-10-11-19(18(14-16)27-4)28(25,26)23-13-12-15-8-6-7-9-17(15)23/h6-11,14H,5,12-13H2,1-4H3,(H,22,24). The minimum absolute atomic E-state index is 0.0537. The third-order valence-electron chi connectivity index (χ3n) is 5.17. The van der Waals surface area contributed by atoms with E-state index in [2.05, 4.69) is 5.32 Å². The van der Waals surface area contributed by atoms with Gasteiger partial charge in [-0.25, -0.2) is 8.42 Å². The normalized spacial score (nSPS) is 13.9. The van der Waals surface area contributed by atoms with E-state index in [-0.39, 0.29) is 22.1 Å². The molecule has 0 fully saturated rings. The van der Waals surface area contributed by atoms with Crippen LogP contribution in [0.1, 0.15) is 43.1 Å². The van der Waals surface area contributed by atoms with Crippen LogP contribution in [0.15, 0.2) is 47.4 Å². The second kappa shape index (κ2) is 7.47. The van der Waals surface area contributed by atoms with E-state index in [1.165, 1.54) is 29.6 Å². The smallest absolute Gasteiger partial charge is 0.268 e. The molecule has 0 radical (unpaired) electrons. The van der Waals surface area contributed by atoms with Crippen molar-refractivity contribution in [2.24, 2.45) is 0 Å². The zero-order valence-electron chi connectivity index (χ0n) is 16.7. The van der Waals surface area contributed by atoms with Crippen molar-refractivity contribution < 1.29 is 17.9 Å². The molecule has 0 saturated carbocycles. The fourth-order valence-corrected chi connectivity index (χ4v) is 4.81. The number of nitrogens with one attached hydrogen (secondary N) is 1. The maximum Gasteiger partial charge on any atom is 0.268 e. The molecule has 0 aliphatic carbocycles. The van der Waals surface area contributed by atoms with Gasteiger partial charge in [0.1, 0.15) is 10.6 Å². The summed E-state index contributed by atoms with van der Waals surface area (Å²) in [4.78, 5) is 12.6. The number of rotatable bonds is 6. The van der Waals surface area contributed by atoms with Crippen molar-refractivity contribution in [3.05, 3.63) is 53.6 Å². The number of amides is 1. The molecule has 0 unspecified atom stereocenters. The van der Waals surface area contributed by atoms with Gasteiger partial charge in [0.2, 0.25) is 0 Å². The minimum atomic E-state index is -3.80. The van der Waals surface area contributed by atoms with Crippen LogP contribution in [-0.2, 0) is 16.4 Å². The molecule has 1 aliphatic heterocycles. The Labute approximate surface area is 166 Å². The van der Waals surface area contributed by atoms with Crippen LogP contribution in [0.4, 0.5) is 5.69 Å². The van der Waals surface area contributed by atoms with E-state index in [4.69, 9.17) is 4.74 Å². The van der Waals surface area contributed by atoms with Crippen LogP contribution in [0.5, 0.6) is 5.75 Å². The molecular formula is C21H26N2O4S. The first-order valence-electron chi connectivity index (χ1n) is 9.31. The Morgan fingerprint density at radius 3 is 2.61 bits per heavy atom. The number of methoxy groups -OCH3 is 1. The van der Waals surface area contributed by atoms with Gasteiger partial charge in [-0.1, -0.05) is 25.1 Å². The van der Waals surface area contributed by atoms with Crippen molar-refractivity contribution in [1.82, 2.24) is 5.32 Å². The number of fused-ring (bicyclic) bond motifs is 1. The average Bonchev–Trinajstić information content (AvgIpc) is 3.12. The Morgan fingerprint density at radius 2 is 1.93 bits per heavy atom. The number of ether oxygens (including phenoxy) is 1. The number of benzene rings is 2. The number of sulfonamides is 1. The summed E-state index contributed by atoms with van der Waals surface area (Å²) in [6.07, 6.45) is 1.45. The highest BCUT2D eigenvalue weighted by atomic mass is 32.2. The van der Waals surface area contributed by atoms with Crippen LogP contribution in [-0.4, -0.2) is 33.5 Å². The summed E-state index contributed by atoms with van der Waals surface area (Å²) in [5.41, 5.74) is 1.70. The molecule has 1 amide bonds. The van der Waals surface area contributed by atoms with E-state index in [0.29, 0.717) is 24.2 Å². The van der Waals surface area contributed by atoms with Gasteiger partial charge >= 0.3 is 0 Å². The van der Waals surface area contributed by atoms with Crippen molar-refractivity contribution in [3.63, 3.8) is 0 Å². The van der Waals surface area contributed by atoms with Gasteiger partial charge in [-0.2, -0.15) is 0 Å². The molecule has 1 aliphatic rings. The van der Waals surface area contributed by atoms with Crippen LogP contribution in [0.2, 0.25) is 0 Å². The molecular weight excluding hydrogens is 376 g/mol. The molecule has 1 heterocycles. The molecule has 0 bridgehead atoms. The first-order chi connectivity index (χ1) is 13.2. The number of carbonyl (C=O) groups is 1. The van der Waals surface area contributed by atoms with E-state index in [1.807, 2.05) is 39.0 Å². The summed E-state index contributed by atoms with van der Waals surface area (Å²) < 4.78 is 33.3. The average molecular weight is 403 g/mol. The third kappa shape index (κ3) is 3.71. The lowest BCUT2D eigenvalue weighted by atomic mass is 10.0. The number of hydrogen-bond donors (Lipinski definition) is 1. The molecule has 6 nitrogen and oxygen atoms in total. The Kier molecular flexibility index (Phi) is 5.39. The Balaban J connectivity index is 1.96. The predicted octanol–water partition coefficient (Wildman–Crippen LogP) is 3.37. The molecule has 1 N–H and O–H groups in total. The quantitative estimate of drug-likeness (QED) is 0.804. The fourth-order valence-electron chi connectivity index (χ4n) is 3.17. The number of hydrogen-bond acceptors (Lipinski definition) is 4. The fraction of sp³-hybridized carbons (Fsp3) is 0.381. The van der Waals surface area contributed by atoms with E-state index in [9.17, 15) is 13.2 Å². The monoisotopic (exact) mass is 402 g/mol. The maximum atomic E-state index is 13.3. The summed E-state index contributed by atoms with van der Waals surface area (Å²) in [5, 5.41) is 2.95. The predicted molar refractivity (Wildman–Crippen MR) is 110 cm³/mol. The molecule has 7 heteroatoms. The number of anilines is 1. The summed E-state index contributed by atoms with van der Waals surface area (Å²) >= 11 is 0. The van der Waals surface area contributed by atoms with Crippen LogP contribution < -0.4 is 14.4 Å². The zero-order chi connectivity index (χ0) is 20.5. The van der Waals surface area contributed by atoms with Crippen LogP contribution >= 0.6 is 0 Å². The van der Waals surface area contributed by atoms with Gasteiger partial charge in [0.25, 0.3) is 15.9 Å². The van der Waals surface area contributed by atoms with Crippen molar-refractivity contribution in [2.75, 3.05) is 18.0 Å². The summed E-state index contributed by atoms with van der Waals surface area (Å²) in [6.45, 7) is 6.25. The molecule has 0 aromatic heterocycles. The molecule has 150 valence electrons. The molecule has 0 spiro atoms. The lowest BCUT2D eigenvalue weighted by molar-refractivity contribution is 0.0910. The first kappa shape index (κ1) is 20.2. The Bertz CT molecular complexity index is 999. The number of nitrogens with zero attached hydrogens (tertiary/aromatic N) is 1. The lowest BCUT2D eigenvalue weighted by Crippen LogP contribution is -2.42. The zero-order valence-corrected chi connectivity index (χ0v) is 17.5. The summed E-state index contributed by atoms with van der Waals surface area (Å²) in [5.74, 6) is -0.105. The van der Waals surface area contributed by atoms with Gasteiger partial charge in [-0.15, -0.1) is 0 Å². The van der Waals surface area contributed by atoms with Gasteiger partial charge in [0.05, 0.1) is 12.8 Å². The number of carbonyl (C=O) groups excluding carboxylic acids is 1. The Morgan fingerprint density at radius 1 is 1.21 bits per heavy atom. The van der Waals surface area contributed by atoms with E-state index >= 15 is 0 Å².